The topological polar surface area (TPSA) is 30.2 Å². The summed E-state index contributed by atoms with van der Waals surface area (Å²) in [6.45, 7) is 2.04. The third-order valence-electron chi connectivity index (χ3n) is 4.80. The standard InChI is InChI=1S/C24H18O2S/c1-16(22-15-19-10-5-6-13-21(19)24(25)26-22)18-11-7-12-20(14-18)23(27)17-8-3-2-4-9-17/h2-16H,1H3. The summed E-state index contributed by atoms with van der Waals surface area (Å²) in [5, 5.41) is 1.50. The van der Waals surface area contributed by atoms with Crippen molar-refractivity contribution in [2.75, 3.05) is 0 Å². The Labute approximate surface area is 163 Å². The highest BCUT2D eigenvalue weighted by Crippen LogP contribution is 2.27. The largest absolute Gasteiger partial charge is 0.427 e. The maximum Gasteiger partial charge on any atom is 0.343 e. The highest BCUT2D eigenvalue weighted by Gasteiger charge is 2.15. The van der Waals surface area contributed by atoms with Gasteiger partial charge in [-0.05, 0) is 40.3 Å². The molecule has 1 atom stereocenters. The molecular weight excluding hydrogens is 352 g/mol. The van der Waals surface area contributed by atoms with Crippen molar-refractivity contribution in [2.24, 2.45) is 0 Å². The Balaban J connectivity index is 1.72. The van der Waals surface area contributed by atoms with E-state index >= 15 is 0 Å². The van der Waals surface area contributed by atoms with Gasteiger partial charge in [-0.15, -0.1) is 0 Å². The second kappa shape index (κ2) is 7.29. The van der Waals surface area contributed by atoms with E-state index in [1.807, 2.05) is 79.7 Å². The van der Waals surface area contributed by atoms with Crippen LogP contribution in [0.15, 0.2) is 94.1 Å². The fourth-order valence-electron chi connectivity index (χ4n) is 3.24. The molecule has 0 amide bonds. The number of rotatable bonds is 4. The summed E-state index contributed by atoms with van der Waals surface area (Å²) < 4.78 is 5.60. The van der Waals surface area contributed by atoms with E-state index in [-0.39, 0.29) is 11.5 Å². The zero-order chi connectivity index (χ0) is 18.8. The number of hydrogen-bond donors (Lipinski definition) is 0. The van der Waals surface area contributed by atoms with E-state index in [1.165, 1.54) is 0 Å². The van der Waals surface area contributed by atoms with Gasteiger partial charge in [0.2, 0.25) is 0 Å². The highest BCUT2D eigenvalue weighted by atomic mass is 32.1. The van der Waals surface area contributed by atoms with E-state index in [2.05, 4.69) is 6.07 Å². The highest BCUT2D eigenvalue weighted by molar-refractivity contribution is 7.81. The van der Waals surface area contributed by atoms with Crippen LogP contribution in [0.1, 0.15) is 35.3 Å². The van der Waals surface area contributed by atoms with Crippen molar-refractivity contribution in [2.45, 2.75) is 12.8 Å². The first-order valence-electron chi connectivity index (χ1n) is 8.86. The van der Waals surface area contributed by atoms with Crippen LogP contribution in [0, 0.1) is 0 Å². The van der Waals surface area contributed by atoms with Crippen LogP contribution in [0.2, 0.25) is 0 Å². The molecule has 0 saturated heterocycles. The summed E-state index contributed by atoms with van der Waals surface area (Å²) in [5.41, 5.74) is 2.77. The zero-order valence-corrected chi connectivity index (χ0v) is 15.7. The Hall–Kier alpha value is -3.04. The first kappa shape index (κ1) is 17.4. The van der Waals surface area contributed by atoms with Crippen LogP contribution in [0.25, 0.3) is 10.8 Å². The van der Waals surface area contributed by atoms with Crippen molar-refractivity contribution in [1.82, 2.24) is 0 Å². The second-order valence-corrected chi connectivity index (χ2v) is 6.97. The van der Waals surface area contributed by atoms with Gasteiger partial charge in [0.15, 0.2) is 0 Å². The lowest BCUT2D eigenvalue weighted by Gasteiger charge is -2.13. The average molecular weight is 370 g/mol. The number of thiocarbonyl (C=S) groups is 1. The minimum atomic E-state index is -0.300. The SMILES string of the molecule is CC(c1cccc(C(=S)c2ccccc2)c1)c1cc2ccccc2c(=O)o1. The van der Waals surface area contributed by atoms with Crippen LogP contribution in [0.4, 0.5) is 0 Å². The molecule has 4 rings (SSSR count). The summed E-state index contributed by atoms with van der Waals surface area (Å²) in [5.74, 6) is 0.599. The van der Waals surface area contributed by atoms with E-state index in [0.717, 1.165) is 26.9 Å². The summed E-state index contributed by atoms with van der Waals surface area (Å²) >= 11 is 5.66. The molecule has 0 saturated carbocycles. The molecule has 1 unspecified atom stereocenters. The van der Waals surface area contributed by atoms with Crippen molar-refractivity contribution in [3.8, 4) is 0 Å². The van der Waals surface area contributed by atoms with Gasteiger partial charge in [-0.1, -0.05) is 85.9 Å². The van der Waals surface area contributed by atoms with E-state index in [0.29, 0.717) is 11.1 Å². The first-order valence-corrected chi connectivity index (χ1v) is 9.27. The smallest absolute Gasteiger partial charge is 0.343 e. The van der Waals surface area contributed by atoms with Gasteiger partial charge in [0, 0.05) is 5.92 Å². The monoisotopic (exact) mass is 370 g/mol. The van der Waals surface area contributed by atoms with E-state index < -0.39 is 0 Å². The summed E-state index contributed by atoms with van der Waals surface area (Å²) in [6, 6.07) is 27.5. The van der Waals surface area contributed by atoms with Gasteiger partial charge < -0.3 is 4.42 Å². The predicted octanol–water partition coefficient (Wildman–Crippen LogP) is 5.71. The van der Waals surface area contributed by atoms with Crippen LogP contribution >= 0.6 is 12.2 Å². The summed E-state index contributed by atoms with van der Waals surface area (Å²) in [4.78, 5) is 13.1. The predicted molar refractivity (Wildman–Crippen MR) is 114 cm³/mol. The van der Waals surface area contributed by atoms with Crippen molar-refractivity contribution in [1.29, 1.82) is 0 Å². The van der Waals surface area contributed by atoms with Crippen molar-refractivity contribution >= 4 is 27.9 Å². The Bertz CT molecular complexity index is 1180. The van der Waals surface area contributed by atoms with Gasteiger partial charge in [-0.3, -0.25) is 0 Å². The lowest BCUT2D eigenvalue weighted by molar-refractivity contribution is 0.455. The molecule has 0 bridgehead atoms. The molecule has 3 aromatic carbocycles. The third-order valence-corrected chi connectivity index (χ3v) is 5.27. The number of benzene rings is 3. The van der Waals surface area contributed by atoms with Crippen molar-refractivity contribution < 1.29 is 4.42 Å². The Morgan fingerprint density at radius 2 is 1.56 bits per heavy atom. The molecule has 1 aromatic heterocycles. The maximum atomic E-state index is 12.3. The fraction of sp³-hybridized carbons (Fsp3) is 0.0833. The number of fused-ring (bicyclic) bond motifs is 1. The van der Waals surface area contributed by atoms with Crippen LogP contribution in [0.5, 0.6) is 0 Å². The van der Waals surface area contributed by atoms with E-state index in [9.17, 15) is 4.79 Å². The quantitative estimate of drug-likeness (QED) is 0.340. The minimum Gasteiger partial charge on any atom is -0.427 e. The first-order chi connectivity index (χ1) is 13.1. The molecule has 1 heterocycles. The van der Waals surface area contributed by atoms with Gasteiger partial charge >= 0.3 is 5.63 Å². The zero-order valence-electron chi connectivity index (χ0n) is 14.9. The molecule has 132 valence electrons. The normalized spacial score (nSPS) is 12.0. The van der Waals surface area contributed by atoms with Crippen LogP contribution in [-0.4, -0.2) is 4.86 Å². The third kappa shape index (κ3) is 3.46. The molecule has 0 radical (unpaired) electrons. The molecule has 0 aliphatic heterocycles. The Morgan fingerprint density at radius 1 is 0.852 bits per heavy atom. The molecule has 2 nitrogen and oxygen atoms in total. The Morgan fingerprint density at radius 3 is 2.37 bits per heavy atom. The van der Waals surface area contributed by atoms with Gasteiger partial charge in [0.05, 0.1) is 10.3 Å². The molecule has 0 aliphatic carbocycles. The summed E-state index contributed by atoms with van der Waals surface area (Å²) in [7, 11) is 0. The van der Waals surface area contributed by atoms with Gasteiger partial charge in [-0.2, -0.15) is 0 Å². The van der Waals surface area contributed by atoms with E-state index in [4.69, 9.17) is 16.6 Å². The minimum absolute atomic E-state index is 0.0548. The van der Waals surface area contributed by atoms with Gasteiger partial charge in [0.1, 0.15) is 5.76 Å². The molecule has 0 aliphatic rings. The molecule has 3 heteroatoms. The fourth-order valence-corrected chi connectivity index (χ4v) is 3.50. The summed E-state index contributed by atoms with van der Waals surface area (Å²) in [6.07, 6.45) is 0. The van der Waals surface area contributed by atoms with Crippen LogP contribution in [-0.2, 0) is 0 Å². The van der Waals surface area contributed by atoms with E-state index in [1.54, 1.807) is 6.07 Å². The molecule has 4 aromatic rings. The van der Waals surface area contributed by atoms with Crippen molar-refractivity contribution in [3.05, 3.63) is 118 Å². The average Bonchev–Trinajstić information content (AvgIpc) is 2.73. The van der Waals surface area contributed by atoms with Gasteiger partial charge in [0.25, 0.3) is 0 Å². The van der Waals surface area contributed by atoms with Crippen LogP contribution in [0.3, 0.4) is 0 Å². The maximum absolute atomic E-state index is 12.3. The molecule has 0 fully saturated rings. The lowest BCUT2D eigenvalue weighted by Crippen LogP contribution is -2.06. The number of hydrogen-bond acceptors (Lipinski definition) is 3. The van der Waals surface area contributed by atoms with Crippen LogP contribution < -0.4 is 5.63 Å². The molecular formula is C24H18O2S. The van der Waals surface area contributed by atoms with Crippen molar-refractivity contribution in [3.63, 3.8) is 0 Å². The molecule has 0 spiro atoms. The molecule has 0 N–H and O–H groups in total. The Kier molecular flexibility index (Phi) is 4.69. The van der Waals surface area contributed by atoms with Gasteiger partial charge in [-0.25, -0.2) is 4.79 Å². The second-order valence-electron chi connectivity index (χ2n) is 6.57. The lowest BCUT2D eigenvalue weighted by atomic mass is 9.94. The molecule has 27 heavy (non-hydrogen) atoms.